The molecule has 1 amide bonds. The summed E-state index contributed by atoms with van der Waals surface area (Å²) in [4.78, 5) is 11.7. The van der Waals surface area contributed by atoms with Crippen molar-refractivity contribution in [3.05, 3.63) is 23.3 Å². The van der Waals surface area contributed by atoms with Crippen LogP contribution in [0.5, 0.6) is 0 Å². The maximum atomic E-state index is 11.7. The van der Waals surface area contributed by atoms with Crippen molar-refractivity contribution >= 4 is 5.91 Å². The molecule has 0 saturated heterocycles. The van der Waals surface area contributed by atoms with Crippen LogP contribution >= 0.6 is 0 Å². The Morgan fingerprint density at radius 2 is 2.00 bits per heavy atom. The van der Waals surface area contributed by atoms with Crippen molar-refractivity contribution in [2.45, 2.75) is 71.3 Å². The summed E-state index contributed by atoms with van der Waals surface area (Å²) in [7, 11) is 0. The molecule has 26 heavy (non-hydrogen) atoms. The Bertz CT molecular complexity index is 694. The standard InChI is InChI=1S/C23H33NO2/c1-22-9-7-16(25)12-15(22)3-4-17-19-6-5-18(14-11-21(26)24-13-14)23(19,2)10-8-20(17)22/h6,11,15-18,20,25H,3-5,7-10,12-13H2,1-2H3,(H,24,26)/t15-,16+,17+,18-,20+,22+,23-/m1/s1. The highest BCUT2D eigenvalue weighted by Gasteiger charge is 2.57. The van der Waals surface area contributed by atoms with Crippen LogP contribution in [-0.4, -0.2) is 23.7 Å². The monoisotopic (exact) mass is 355 g/mol. The summed E-state index contributed by atoms with van der Waals surface area (Å²) >= 11 is 0. The predicted octanol–water partition coefficient (Wildman–Crippen LogP) is 3.98. The van der Waals surface area contributed by atoms with Crippen LogP contribution in [0.3, 0.4) is 0 Å². The number of allylic oxidation sites excluding steroid dienone is 2. The van der Waals surface area contributed by atoms with Crippen molar-refractivity contribution in [1.82, 2.24) is 5.32 Å². The molecule has 0 aromatic heterocycles. The first-order valence-corrected chi connectivity index (χ1v) is 10.8. The highest BCUT2D eigenvalue weighted by Crippen LogP contribution is 2.66. The third-order valence-corrected chi connectivity index (χ3v) is 9.27. The summed E-state index contributed by atoms with van der Waals surface area (Å²) in [6, 6.07) is 0. The van der Waals surface area contributed by atoms with Gasteiger partial charge in [-0.2, -0.15) is 0 Å². The van der Waals surface area contributed by atoms with Crippen LogP contribution in [0, 0.1) is 34.5 Å². The molecule has 2 N–H and O–H groups in total. The lowest BCUT2D eigenvalue weighted by molar-refractivity contribution is -0.115. The normalized spacial score (nSPS) is 50.3. The van der Waals surface area contributed by atoms with Gasteiger partial charge in [0, 0.05) is 12.6 Å². The Balaban J connectivity index is 1.43. The average molecular weight is 356 g/mol. The number of rotatable bonds is 1. The van der Waals surface area contributed by atoms with Crippen molar-refractivity contribution in [2.24, 2.45) is 34.5 Å². The Morgan fingerprint density at radius 1 is 1.15 bits per heavy atom. The summed E-state index contributed by atoms with van der Waals surface area (Å²) in [5.74, 6) is 2.87. The second-order valence-electron chi connectivity index (χ2n) is 10.3. The molecule has 4 aliphatic carbocycles. The fourth-order valence-corrected chi connectivity index (χ4v) is 7.81. The molecule has 1 heterocycles. The van der Waals surface area contributed by atoms with Crippen molar-refractivity contribution in [1.29, 1.82) is 0 Å². The zero-order chi connectivity index (χ0) is 18.1. The summed E-state index contributed by atoms with van der Waals surface area (Å²) in [5.41, 5.74) is 3.75. The molecule has 3 heteroatoms. The number of aliphatic hydroxyl groups excluding tert-OH is 1. The number of hydrogen-bond acceptors (Lipinski definition) is 2. The molecule has 7 atom stereocenters. The predicted molar refractivity (Wildman–Crippen MR) is 102 cm³/mol. The minimum Gasteiger partial charge on any atom is -0.393 e. The van der Waals surface area contributed by atoms with Crippen LogP contribution < -0.4 is 5.32 Å². The number of amides is 1. The first-order valence-electron chi connectivity index (χ1n) is 10.8. The quantitative estimate of drug-likeness (QED) is 0.699. The number of hydrogen-bond donors (Lipinski definition) is 2. The molecular formula is C23H33NO2. The summed E-state index contributed by atoms with van der Waals surface area (Å²) in [6.07, 6.45) is 13.9. The topological polar surface area (TPSA) is 49.3 Å². The van der Waals surface area contributed by atoms with Crippen molar-refractivity contribution < 1.29 is 9.90 Å². The van der Waals surface area contributed by atoms with Crippen LogP contribution in [-0.2, 0) is 4.79 Å². The van der Waals surface area contributed by atoms with Gasteiger partial charge in [0.05, 0.1) is 6.10 Å². The van der Waals surface area contributed by atoms with Crippen LogP contribution in [0.4, 0.5) is 0 Å². The number of nitrogens with one attached hydrogen (secondary N) is 1. The first-order chi connectivity index (χ1) is 12.4. The summed E-state index contributed by atoms with van der Waals surface area (Å²) in [5, 5.41) is 13.2. The van der Waals surface area contributed by atoms with Gasteiger partial charge in [0.25, 0.3) is 0 Å². The van der Waals surface area contributed by atoms with Gasteiger partial charge >= 0.3 is 0 Å². The molecule has 3 nitrogen and oxygen atoms in total. The fraction of sp³-hybridized carbons (Fsp3) is 0.783. The van der Waals surface area contributed by atoms with Crippen molar-refractivity contribution in [2.75, 3.05) is 6.54 Å². The van der Waals surface area contributed by atoms with E-state index >= 15 is 0 Å². The smallest absolute Gasteiger partial charge is 0.244 e. The molecule has 5 aliphatic rings. The number of fused-ring (bicyclic) bond motifs is 5. The Labute approximate surface area is 157 Å². The van der Waals surface area contributed by atoms with E-state index in [-0.39, 0.29) is 17.4 Å². The minimum atomic E-state index is -0.0621. The maximum Gasteiger partial charge on any atom is 0.244 e. The Morgan fingerprint density at radius 3 is 2.77 bits per heavy atom. The third-order valence-electron chi connectivity index (χ3n) is 9.27. The van der Waals surface area contributed by atoms with Gasteiger partial charge in [0.1, 0.15) is 0 Å². The van der Waals surface area contributed by atoms with Gasteiger partial charge in [-0.25, -0.2) is 0 Å². The van der Waals surface area contributed by atoms with Gasteiger partial charge in [-0.05, 0) is 91.4 Å². The minimum absolute atomic E-state index is 0.0621. The molecule has 3 saturated carbocycles. The zero-order valence-electron chi connectivity index (χ0n) is 16.3. The highest BCUT2D eigenvalue weighted by molar-refractivity contribution is 5.91. The second-order valence-corrected chi connectivity index (χ2v) is 10.3. The van der Waals surface area contributed by atoms with Gasteiger partial charge in [-0.3, -0.25) is 4.79 Å². The van der Waals surface area contributed by atoms with Crippen LogP contribution in [0.1, 0.15) is 65.2 Å². The molecule has 5 rings (SSSR count). The van der Waals surface area contributed by atoms with Crippen LogP contribution in [0.25, 0.3) is 0 Å². The molecule has 0 spiro atoms. The lowest BCUT2D eigenvalue weighted by Gasteiger charge is -2.59. The van der Waals surface area contributed by atoms with Gasteiger partial charge in [0.2, 0.25) is 5.91 Å². The van der Waals surface area contributed by atoms with Crippen molar-refractivity contribution in [3.63, 3.8) is 0 Å². The summed E-state index contributed by atoms with van der Waals surface area (Å²) in [6.45, 7) is 5.78. The van der Waals surface area contributed by atoms with Crippen LogP contribution in [0.15, 0.2) is 23.3 Å². The second kappa shape index (κ2) is 5.70. The fourth-order valence-electron chi connectivity index (χ4n) is 7.81. The van der Waals surface area contributed by atoms with E-state index in [1.54, 1.807) is 5.57 Å². The molecule has 0 bridgehead atoms. The maximum absolute atomic E-state index is 11.7. The lowest BCUT2D eigenvalue weighted by Crippen LogP contribution is -2.52. The van der Waals surface area contributed by atoms with Gasteiger partial charge in [0.15, 0.2) is 0 Å². The molecule has 1 aliphatic heterocycles. The van der Waals surface area contributed by atoms with E-state index in [0.717, 1.165) is 37.6 Å². The largest absolute Gasteiger partial charge is 0.393 e. The lowest BCUT2D eigenvalue weighted by atomic mass is 9.45. The molecule has 142 valence electrons. The molecule has 0 aromatic rings. The van der Waals surface area contributed by atoms with Gasteiger partial charge in [-0.15, -0.1) is 0 Å². The zero-order valence-corrected chi connectivity index (χ0v) is 16.3. The van der Waals surface area contributed by atoms with Gasteiger partial charge < -0.3 is 10.4 Å². The average Bonchev–Trinajstić information content (AvgIpc) is 3.18. The van der Waals surface area contributed by atoms with E-state index in [4.69, 9.17) is 0 Å². The molecular weight excluding hydrogens is 322 g/mol. The van der Waals surface area contributed by atoms with E-state index in [1.807, 2.05) is 6.08 Å². The van der Waals surface area contributed by atoms with Gasteiger partial charge in [-0.1, -0.05) is 25.5 Å². The van der Waals surface area contributed by atoms with E-state index < -0.39 is 0 Å². The first kappa shape index (κ1) is 17.0. The van der Waals surface area contributed by atoms with E-state index in [9.17, 15) is 9.90 Å². The Hall–Kier alpha value is -1.09. The van der Waals surface area contributed by atoms with E-state index in [0.29, 0.717) is 17.3 Å². The number of carbonyl (C=O) groups is 1. The molecule has 0 radical (unpaired) electrons. The molecule has 3 fully saturated rings. The van der Waals surface area contributed by atoms with Crippen molar-refractivity contribution in [3.8, 4) is 0 Å². The molecule has 0 unspecified atom stereocenters. The third kappa shape index (κ3) is 2.25. The molecule has 0 aromatic carbocycles. The van der Waals surface area contributed by atoms with Crippen LogP contribution in [0.2, 0.25) is 0 Å². The SMILES string of the molecule is C[C@]12CC[C@H](O)C[C@H]1CC[C@H]1C3=CC[C@H](C4=CC(=O)NC4)[C@@]3(C)CC[C@@H]12. The Kier molecular flexibility index (Phi) is 3.74. The highest BCUT2D eigenvalue weighted by atomic mass is 16.3. The number of carbonyl (C=O) groups excluding carboxylic acids is 1. The summed E-state index contributed by atoms with van der Waals surface area (Å²) < 4.78 is 0. The van der Waals surface area contributed by atoms with E-state index in [1.165, 1.54) is 37.7 Å². The van der Waals surface area contributed by atoms with E-state index in [2.05, 4.69) is 25.2 Å². The number of aliphatic hydroxyl groups is 1.